The van der Waals surface area contributed by atoms with Crippen molar-refractivity contribution in [1.29, 1.82) is 0 Å². The Kier molecular flexibility index (Phi) is 5.40. The molecule has 0 amide bonds. The van der Waals surface area contributed by atoms with E-state index in [0.29, 0.717) is 39.5 Å². The number of fused-ring (bicyclic) bond motifs is 1. The molecular formula is C20H21N3O4. The van der Waals surface area contributed by atoms with E-state index in [0.717, 1.165) is 5.69 Å². The number of benzene rings is 1. The van der Waals surface area contributed by atoms with Gasteiger partial charge < -0.3 is 19.5 Å². The third-order valence-corrected chi connectivity index (χ3v) is 3.99. The number of nitrogens with one attached hydrogen (secondary N) is 1. The summed E-state index contributed by atoms with van der Waals surface area (Å²) < 4.78 is 15.8. The van der Waals surface area contributed by atoms with Crippen molar-refractivity contribution in [2.75, 3.05) is 26.1 Å². The molecular weight excluding hydrogens is 346 g/mol. The van der Waals surface area contributed by atoms with Gasteiger partial charge in [0.05, 0.1) is 26.5 Å². The van der Waals surface area contributed by atoms with E-state index >= 15 is 0 Å². The first kappa shape index (κ1) is 18.4. The van der Waals surface area contributed by atoms with Crippen LogP contribution in [-0.4, -0.2) is 36.8 Å². The summed E-state index contributed by atoms with van der Waals surface area (Å²) in [5.41, 5.74) is 2.98. The van der Waals surface area contributed by atoms with Crippen molar-refractivity contribution in [2.45, 2.75) is 13.8 Å². The number of hydrogen-bond donors (Lipinski definition) is 1. The second kappa shape index (κ2) is 7.90. The van der Waals surface area contributed by atoms with E-state index in [1.54, 1.807) is 27.2 Å². The predicted octanol–water partition coefficient (Wildman–Crippen LogP) is 3.88. The normalized spacial score (nSPS) is 10.5. The highest BCUT2D eigenvalue weighted by Gasteiger charge is 2.18. The number of carbonyl (C=O) groups excluding carboxylic acids is 1. The van der Waals surface area contributed by atoms with Crippen molar-refractivity contribution in [2.24, 2.45) is 0 Å². The lowest BCUT2D eigenvalue weighted by Crippen LogP contribution is -2.10. The van der Waals surface area contributed by atoms with Crippen LogP contribution >= 0.6 is 0 Å². The second-order valence-corrected chi connectivity index (χ2v) is 5.82. The van der Waals surface area contributed by atoms with Crippen molar-refractivity contribution in [3.8, 4) is 11.5 Å². The third-order valence-electron chi connectivity index (χ3n) is 3.99. The molecule has 0 unspecified atom stereocenters. The Labute approximate surface area is 157 Å². The molecule has 3 aromatic rings. The number of methoxy groups -OCH3 is 2. The Morgan fingerprint density at radius 1 is 1.11 bits per heavy atom. The molecule has 0 saturated carbocycles. The number of anilines is 2. The van der Waals surface area contributed by atoms with Gasteiger partial charge >= 0.3 is 5.97 Å². The van der Waals surface area contributed by atoms with Crippen LogP contribution in [0, 0.1) is 6.92 Å². The minimum atomic E-state index is -0.454. The summed E-state index contributed by atoms with van der Waals surface area (Å²) in [5.74, 6) is 0.800. The molecule has 0 atom stereocenters. The van der Waals surface area contributed by atoms with E-state index in [-0.39, 0.29) is 6.61 Å². The molecule has 1 N–H and O–H groups in total. The van der Waals surface area contributed by atoms with Gasteiger partial charge in [-0.1, -0.05) is 0 Å². The lowest BCUT2D eigenvalue weighted by atomic mass is 10.1. The molecule has 0 aliphatic heterocycles. The zero-order valence-electron chi connectivity index (χ0n) is 15.7. The van der Waals surface area contributed by atoms with Gasteiger partial charge in [0, 0.05) is 41.2 Å². The molecule has 0 spiro atoms. The molecule has 27 heavy (non-hydrogen) atoms. The molecule has 140 valence electrons. The summed E-state index contributed by atoms with van der Waals surface area (Å²) in [6.45, 7) is 3.92. The van der Waals surface area contributed by atoms with Crippen LogP contribution in [0.25, 0.3) is 11.0 Å². The zero-order valence-corrected chi connectivity index (χ0v) is 15.7. The monoisotopic (exact) mass is 367 g/mol. The number of aryl methyl sites for hydroxylation is 1. The fourth-order valence-electron chi connectivity index (χ4n) is 2.69. The zero-order chi connectivity index (χ0) is 19.4. The molecule has 3 rings (SSSR count). The number of rotatable bonds is 6. The maximum atomic E-state index is 12.4. The molecule has 7 nitrogen and oxygen atoms in total. The fourth-order valence-corrected chi connectivity index (χ4v) is 2.69. The second-order valence-electron chi connectivity index (χ2n) is 5.82. The summed E-state index contributed by atoms with van der Waals surface area (Å²) in [5, 5.41) is 4.00. The first-order chi connectivity index (χ1) is 13.0. The van der Waals surface area contributed by atoms with Crippen molar-refractivity contribution in [1.82, 2.24) is 9.97 Å². The summed E-state index contributed by atoms with van der Waals surface area (Å²) in [6, 6.07) is 9.15. The molecule has 2 heterocycles. The van der Waals surface area contributed by atoms with Crippen LogP contribution in [0.3, 0.4) is 0 Å². The first-order valence-corrected chi connectivity index (χ1v) is 8.49. The van der Waals surface area contributed by atoms with Gasteiger partial charge in [0.25, 0.3) is 0 Å². The predicted molar refractivity (Wildman–Crippen MR) is 103 cm³/mol. The van der Waals surface area contributed by atoms with Gasteiger partial charge in [0.1, 0.15) is 17.1 Å². The Hall–Kier alpha value is -3.35. The van der Waals surface area contributed by atoms with Crippen molar-refractivity contribution in [3.05, 3.63) is 47.8 Å². The van der Waals surface area contributed by atoms with Crippen LogP contribution in [0.4, 0.5) is 11.4 Å². The van der Waals surface area contributed by atoms with Crippen molar-refractivity contribution in [3.63, 3.8) is 0 Å². The number of pyridine rings is 2. The SMILES string of the molecule is CCOC(=O)c1cnc2nc(C)ccc2c1Nc1cc(OC)cc(OC)c1. The van der Waals surface area contributed by atoms with Crippen molar-refractivity contribution >= 4 is 28.4 Å². The lowest BCUT2D eigenvalue weighted by Gasteiger charge is -2.15. The quantitative estimate of drug-likeness (QED) is 0.662. The largest absolute Gasteiger partial charge is 0.497 e. The molecule has 2 aromatic heterocycles. The molecule has 0 aliphatic carbocycles. The van der Waals surface area contributed by atoms with Crippen LogP contribution in [0.15, 0.2) is 36.5 Å². The maximum absolute atomic E-state index is 12.4. The van der Waals surface area contributed by atoms with Gasteiger partial charge in [0.15, 0.2) is 5.65 Å². The molecule has 0 aliphatic rings. The summed E-state index contributed by atoms with van der Waals surface area (Å²) >= 11 is 0. The van der Waals surface area contributed by atoms with E-state index in [4.69, 9.17) is 14.2 Å². The van der Waals surface area contributed by atoms with Gasteiger partial charge in [-0.25, -0.2) is 14.8 Å². The van der Waals surface area contributed by atoms with E-state index in [1.165, 1.54) is 6.20 Å². The van der Waals surface area contributed by atoms with Gasteiger partial charge in [0.2, 0.25) is 0 Å². The minimum absolute atomic E-state index is 0.273. The highest BCUT2D eigenvalue weighted by molar-refractivity contribution is 6.05. The standard InChI is InChI=1S/C20H21N3O4/c1-5-27-20(24)17-11-21-19-16(7-6-12(2)22-19)18(17)23-13-8-14(25-3)10-15(9-13)26-4/h6-11H,5H2,1-4H3,(H,21,22,23). The van der Waals surface area contributed by atoms with E-state index in [2.05, 4.69) is 15.3 Å². The number of nitrogens with zero attached hydrogens (tertiary/aromatic N) is 2. The van der Waals surface area contributed by atoms with E-state index in [9.17, 15) is 4.79 Å². The average molecular weight is 367 g/mol. The highest BCUT2D eigenvalue weighted by Crippen LogP contribution is 2.32. The van der Waals surface area contributed by atoms with Crippen LogP contribution in [0.1, 0.15) is 23.0 Å². The minimum Gasteiger partial charge on any atom is -0.497 e. The highest BCUT2D eigenvalue weighted by atomic mass is 16.5. The molecule has 0 bridgehead atoms. The summed E-state index contributed by atoms with van der Waals surface area (Å²) in [6.07, 6.45) is 1.48. The molecule has 0 saturated heterocycles. The molecule has 1 aromatic carbocycles. The first-order valence-electron chi connectivity index (χ1n) is 8.49. The van der Waals surface area contributed by atoms with Crippen LogP contribution < -0.4 is 14.8 Å². The maximum Gasteiger partial charge on any atom is 0.341 e. The Balaban J connectivity index is 2.16. The number of carbonyl (C=O) groups is 1. The summed E-state index contributed by atoms with van der Waals surface area (Å²) in [7, 11) is 3.16. The summed E-state index contributed by atoms with van der Waals surface area (Å²) in [4.78, 5) is 21.2. The van der Waals surface area contributed by atoms with Gasteiger partial charge in [-0.2, -0.15) is 0 Å². The fraction of sp³-hybridized carbons (Fsp3) is 0.250. The number of esters is 1. The van der Waals surface area contributed by atoms with E-state index in [1.807, 2.05) is 31.2 Å². The van der Waals surface area contributed by atoms with Gasteiger partial charge in [-0.15, -0.1) is 0 Å². The van der Waals surface area contributed by atoms with Crippen molar-refractivity contribution < 1.29 is 19.0 Å². The Morgan fingerprint density at radius 2 is 1.81 bits per heavy atom. The third kappa shape index (κ3) is 3.92. The Bertz CT molecular complexity index is 966. The van der Waals surface area contributed by atoms with Gasteiger partial charge in [-0.05, 0) is 26.0 Å². The topological polar surface area (TPSA) is 82.6 Å². The Morgan fingerprint density at radius 3 is 2.44 bits per heavy atom. The molecule has 0 radical (unpaired) electrons. The molecule has 0 fully saturated rings. The number of aromatic nitrogens is 2. The van der Waals surface area contributed by atoms with Crippen LogP contribution in [0.2, 0.25) is 0 Å². The van der Waals surface area contributed by atoms with Gasteiger partial charge in [-0.3, -0.25) is 0 Å². The van der Waals surface area contributed by atoms with Crippen LogP contribution in [0.5, 0.6) is 11.5 Å². The number of hydrogen-bond acceptors (Lipinski definition) is 7. The smallest absolute Gasteiger partial charge is 0.341 e. The number of ether oxygens (including phenoxy) is 3. The van der Waals surface area contributed by atoms with E-state index < -0.39 is 5.97 Å². The average Bonchev–Trinajstić information content (AvgIpc) is 2.67. The lowest BCUT2D eigenvalue weighted by molar-refractivity contribution is 0.0527. The molecule has 7 heteroatoms. The van der Waals surface area contributed by atoms with Crippen LogP contribution in [-0.2, 0) is 4.74 Å².